The average molecular weight is 314 g/mol. The van der Waals surface area contributed by atoms with Crippen molar-refractivity contribution >= 4 is 21.8 Å². The third-order valence-corrected chi connectivity index (χ3v) is 2.92. The number of nitrogens with zero attached hydrogens (tertiary/aromatic N) is 1. The van der Waals surface area contributed by atoms with Crippen LogP contribution in [-0.4, -0.2) is 23.5 Å². The van der Waals surface area contributed by atoms with Crippen molar-refractivity contribution in [2.75, 3.05) is 6.54 Å². The first-order valence-electron chi connectivity index (χ1n) is 6.10. The van der Waals surface area contributed by atoms with Gasteiger partial charge in [-0.3, -0.25) is 9.78 Å². The summed E-state index contributed by atoms with van der Waals surface area (Å²) in [7, 11) is 0. The van der Waals surface area contributed by atoms with Crippen LogP contribution in [0.4, 0.5) is 0 Å². The Morgan fingerprint density at radius 2 is 2.11 bits per heavy atom. The second-order valence-corrected chi connectivity index (χ2v) is 5.63. The number of pyridine rings is 1. The van der Waals surface area contributed by atoms with E-state index in [0.717, 1.165) is 10.2 Å². The molecule has 4 nitrogen and oxygen atoms in total. The zero-order valence-electron chi connectivity index (χ0n) is 11.0. The predicted octanol–water partition coefficient (Wildman–Crippen LogP) is 2.09. The Labute approximate surface area is 117 Å². The standard InChI is InChI=1S/C13H20BrN3O/c1-9(2)6-17-13(18)10(3)15-8-12-5-4-11(14)7-16-12/h4-5,7,9-10,15H,6,8H2,1-3H3,(H,17,18). The first-order chi connectivity index (χ1) is 8.49. The molecule has 18 heavy (non-hydrogen) atoms. The molecule has 5 heteroatoms. The molecule has 0 bridgehead atoms. The van der Waals surface area contributed by atoms with Gasteiger partial charge in [-0.15, -0.1) is 0 Å². The maximum absolute atomic E-state index is 11.7. The largest absolute Gasteiger partial charge is 0.354 e. The van der Waals surface area contributed by atoms with Gasteiger partial charge in [0.2, 0.25) is 5.91 Å². The van der Waals surface area contributed by atoms with E-state index in [0.29, 0.717) is 19.0 Å². The number of carbonyl (C=O) groups is 1. The smallest absolute Gasteiger partial charge is 0.236 e. The lowest BCUT2D eigenvalue weighted by Crippen LogP contribution is -2.43. The van der Waals surface area contributed by atoms with Crippen molar-refractivity contribution in [3.05, 3.63) is 28.5 Å². The van der Waals surface area contributed by atoms with Crippen LogP contribution in [0.1, 0.15) is 26.5 Å². The molecule has 1 unspecified atom stereocenters. The van der Waals surface area contributed by atoms with E-state index in [4.69, 9.17) is 0 Å². The van der Waals surface area contributed by atoms with Crippen LogP contribution >= 0.6 is 15.9 Å². The number of aromatic nitrogens is 1. The van der Waals surface area contributed by atoms with Crippen LogP contribution in [0, 0.1) is 5.92 Å². The lowest BCUT2D eigenvalue weighted by atomic mass is 10.2. The normalized spacial score (nSPS) is 12.5. The van der Waals surface area contributed by atoms with E-state index >= 15 is 0 Å². The summed E-state index contributed by atoms with van der Waals surface area (Å²) >= 11 is 3.34. The number of amides is 1. The molecule has 0 radical (unpaired) electrons. The van der Waals surface area contributed by atoms with Gasteiger partial charge in [-0.1, -0.05) is 13.8 Å². The molecule has 0 aromatic carbocycles. The molecule has 1 aromatic rings. The Balaban J connectivity index is 2.34. The Morgan fingerprint density at radius 1 is 1.39 bits per heavy atom. The summed E-state index contributed by atoms with van der Waals surface area (Å²) in [5.41, 5.74) is 0.918. The highest BCUT2D eigenvalue weighted by Crippen LogP contribution is 2.07. The molecule has 0 saturated heterocycles. The molecule has 1 aromatic heterocycles. The van der Waals surface area contributed by atoms with E-state index in [9.17, 15) is 4.79 Å². The fraction of sp³-hybridized carbons (Fsp3) is 0.538. The van der Waals surface area contributed by atoms with E-state index in [2.05, 4.69) is 45.4 Å². The minimum Gasteiger partial charge on any atom is -0.354 e. The number of carbonyl (C=O) groups excluding carboxylic acids is 1. The SMILES string of the molecule is CC(C)CNC(=O)C(C)NCc1ccc(Br)cn1. The molecule has 1 heterocycles. The van der Waals surface area contributed by atoms with E-state index in [1.165, 1.54) is 0 Å². The van der Waals surface area contributed by atoms with Crippen molar-refractivity contribution in [1.29, 1.82) is 0 Å². The summed E-state index contributed by atoms with van der Waals surface area (Å²) in [6, 6.07) is 3.65. The van der Waals surface area contributed by atoms with Crippen LogP contribution in [0.25, 0.3) is 0 Å². The van der Waals surface area contributed by atoms with Crippen molar-refractivity contribution in [3.63, 3.8) is 0 Å². The van der Waals surface area contributed by atoms with Crippen molar-refractivity contribution in [2.24, 2.45) is 5.92 Å². The third-order valence-electron chi connectivity index (χ3n) is 2.46. The van der Waals surface area contributed by atoms with Crippen LogP contribution in [0.15, 0.2) is 22.8 Å². The first kappa shape index (κ1) is 15.1. The van der Waals surface area contributed by atoms with Gasteiger partial charge in [0.15, 0.2) is 0 Å². The molecule has 0 aliphatic rings. The van der Waals surface area contributed by atoms with Gasteiger partial charge in [-0.25, -0.2) is 0 Å². The Bertz CT molecular complexity index is 378. The van der Waals surface area contributed by atoms with Gasteiger partial charge in [-0.05, 0) is 40.9 Å². The molecule has 2 N–H and O–H groups in total. The van der Waals surface area contributed by atoms with Gasteiger partial charge in [0.1, 0.15) is 0 Å². The number of rotatable bonds is 6. The topological polar surface area (TPSA) is 54.0 Å². The van der Waals surface area contributed by atoms with Crippen molar-refractivity contribution in [3.8, 4) is 0 Å². The monoisotopic (exact) mass is 313 g/mol. The number of nitrogens with one attached hydrogen (secondary N) is 2. The van der Waals surface area contributed by atoms with Gasteiger partial charge in [0, 0.05) is 23.8 Å². The molecule has 100 valence electrons. The van der Waals surface area contributed by atoms with Crippen LogP contribution < -0.4 is 10.6 Å². The molecule has 1 rings (SSSR count). The van der Waals surface area contributed by atoms with Crippen molar-refractivity contribution < 1.29 is 4.79 Å². The third kappa shape index (κ3) is 5.60. The molecule has 0 aliphatic heterocycles. The Kier molecular flexibility index (Phi) is 6.29. The van der Waals surface area contributed by atoms with Gasteiger partial charge < -0.3 is 10.6 Å². The minimum atomic E-state index is -0.214. The van der Waals surface area contributed by atoms with Gasteiger partial charge in [0.05, 0.1) is 11.7 Å². The summed E-state index contributed by atoms with van der Waals surface area (Å²) in [6.45, 7) is 7.30. The molecule has 1 amide bonds. The maximum Gasteiger partial charge on any atom is 0.236 e. The molecule has 0 aliphatic carbocycles. The fourth-order valence-corrected chi connectivity index (χ4v) is 1.55. The number of hydrogen-bond donors (Lipinski definition) is 2. The second-order valence-electron chi connectivity index (χ2n) is 4.71. The van der Waals surface area contributed by atoms with Crippen LogP contribution in [0.2, 0.25) is 0 Å². The van der Waals surface area contributed by atoms with Crippen LogP contribution in [-0.2, 0) is 11.3 Å². The Hall–Kier alpha value is -0.940. The molecule has 0 saturated carbocycles. The van der Waals surface area contributed by atoms with Crippen molar-refractivity contribution in [2.45, 2.75) is 33.4 Å². The highest BCUT2D eigenvalue weighted by molar-refractivity contribution is 9.10. The first-order valence-corrected chi connectivity index (χ1v) is 6.90. The fourth-order valence-electron chi connectivity index (χ4n) is 1.32. The second kappa shape index (κ2) is 7.48. The zero-order chi connectivity index (χ0) is 13.5. The minimum absolute atomic E-state index is 0.0285. The molecular formula is C13H20BrN3O. The summed E-state index contributed by atoms with van der Waals surface area (Å²) in [5.74, 6) is 0.495. The average Bonchev–Trinajstić information content (AvgIpc) is 2.34. The Morgan fingerprint density at radius 3 is 2.67 bits per heavy atom. The molecular weight excluding hydrogens is 294 g/mol. The van der Waals surface area contributed by atoms with E-state index in [1.807, 2.05) is 19.1 Å². The number of halogens is 1. The lowest BCUT2D eigenvalue weighted by molar-refractivity contribution is -0.122. The van der Waals surface area contributed by atoms with E-state index in [1.54, 1.807) is 6.20 Å². The van der Waals surface area contributed by atoms with Gasteiger partial charge in [-0.2, -0.15) is 0 Å². The maximum atomic E-state index is 11.7. The summed E-state index contributed by atoms with van der Waals surface area (Å²) in [5, 5.41) is 6.05. The summed E-state index contributed by atoms with van der Waals surface area (Å²) in [4.78, 5) is 16.0. The number of hydrogen-bond acceptors (Lipinski definition) is 3. The molecule has 0 spiro atoms. The van der Waals surface area contributed by atoms with Crippen LogP contribution in [0.3, 0.4) is 0 Å². The quantitative estimate of drug-likeness (QED) is 0.845. The summed E-state index contributed by atoms with van der Waals surface area (Å²) in [6.07, 6.45) is 1.75. The highest BCUT2D eigenvalue weighted by Gasteiger charge is 2.12. The zero-order valence-corrected chi connectivity index (χ0v) is 12.6. The van der Waals surface area contributed by atoms with Crippen LogP contribution in [0.5, 0.6) is 0 Å². The van der Waals surface area contributed by atoms with E-state index < -0.39 is 0 Å². The predicted molar refractivity (Wildman–Crippen MR) is 76.1 cm³/mol. The molecule has 1 atom stereocenters. The van der Waals surface area contributed by atoms with Gasteiger partial charge in [0.25, 0.3) is 0 Å². The van der Waals surface area contributed by atoms with Gasteiger partial charge >= 0.3 is 0 Å². The highest BCUT2D eigenvalue weighted by atomic mass is 79.9. The van der Waals surface area contributed by atoms with E-state index in [-0.39, 0.29) is 11.9 Å². The lowest BCUT2D eigenvalue weighted by Gasteiger charge is -2.14. The van der Waals surface area contributed by atoms with Crippen molar-refractivity contribution in [1.82, 2.24) is 15.6 Å². The summed E-state index contributed by atoms with van der Waals surface area (Å²) < 4.78 is 0.953. The molecule has 0 fully saturated rings.